The summed E-state index contributed by atoms with van der Waals surface area (Å²) in [5.41, 5.74) is 4.47. The molecule has 4 nitrogen and oxygen atoms in total. The molecule has 0 unspecified atom stereocenters. The van der Waals surface area contributed by atoms with Gasteiger partial charge in [0.2, 0.25) is 5.91 Å². The van der Waals surface area contributed by atoms with Gasteiger partial charge in [0, 0.05) is 19.2 Å². The van der Waals surface area contributed by atoms with Crippen LogP contribution in [0.4, 0.5) is 0 Å². The van der Waals surface area contributed by atoms with Crippen molar-refractivity contribution < 1.29 is 4.79 Å². The van der Waals surface area contributed by atoms with Gasteiger partial charge in [0.05, 0.1) is 5.69 Å². The van der Waals surface area contributed by atoms with Crippen LogP contribution in [0.3, 0.4) is 0 Å². The molecule has 162 valence electrons. The number of hydrogen-bond acceptors (Lipinski definition) is 3. The number of nitrogens with zero attached hydrogens (tertiary/aromatic N) is 2. The van der Waals surface area contributed by atoms with Gasteiger partial charge >= 0.3 is 0 Å². The van der Waals surface area contributed by atoms with E-state index in [-0.39, 0.29) is 11.8 Å². The summed E-state index contributed by atoms with van der Waals surface area (Å²) in [6, 6.07) is 31.6. The van der Waals surface area contributed by atoms with Gasteiger partial charge in [0.25, 0.3) is 0 Å². The van der Waals surface area contributed by atoms with Crippen LogP contribution in [0.1, 0.15) is 22.4 Å². The minimum absolute atomic E-state index is 0.0297. The van der Waals surface area contributed by atoms with Crippen LogP contribution in [0, 0.1) is 0 Å². The zero-order chi connectivity index (χ0) is 22.2. The average molecular weight is 462 g/mol. The lowest BCUT2D eigenvalue weighted by Gasteiger charge is -2.35. The number of nitrogens with one attached hydrogen (secondary N) is 1. The Balaban J connectivity index is 1.73. The highest BCUT2D eigenvalue weighted by Crippen LogP contribution is 2.48. The van der Waals surface area contributed by atoms with E-state index in [4.69, 9.17) is 11.6 Å². The fourth-order valence-electron chi connectivity index (χ4n) is 3.74. The number of carbonyl (C=O) groups is 1. The molecule has 0 fully saturated rings. The molecule has 0 bridgehead atoms. The minimum atomic E-state index is -0.464. The van der Waals surface area contributed by atoms with Crippen LogP contribution in [-0.2, 0) is 16.0 Å². The number of carbonyl (C=O) groups excluding carboxylic acids is 1. The first kappa shape index (κ1) is 22.2. The summed E-state index contributed by atoms with van der Waals surface area (Å²) in [5, 5.41) is 2.79. The molecule has 6 heteroatoms. The lowest BCUT2D eigenvalue weighted by molar-refractivity contribution is -0.118. The van der Waals surface area contributed by atoms with E-state index in [1.165, 1.54) is 16.7 Å². The molecule has 0 atom stereocenters. The molecule has 3 aromatic carbocycles. The first-order valence-electron chi connectivity index (χ1n) is 10.4. The summed E-state index contributed by atoms with van der Waals surface area (Å²) in [4.78, 5) is 16.0. The number of halogens is 1. The summed E-state index contributed by atoms with van der Waals surface area (Å²) in [7, 11) is 0. The quantitative estimate of drug-likeness (QED) is 0.273. The van der Waals surface area contributed by atoms with Crippen LogP contribution in [-0.4, -0.2) is 27.3 Å². The summed E-state index contributed by atoms with van der Waals surface area (Å²) in [6.45, 7) is 0.508. The monoisotopic (exact) mass is 461 g/mol. The van der Waals surface area contributed by atoms with Crippen molar-refractivity contribution in [3.8, 4) is 0 Å². The van der Waals surface area contributed by atoms with Crippen molar-refractivity contribution in [3.63, 3.8) is 0 Å². The van der Waals surface area contributed by atoms with E-state index in [0.29, 0.717) is 13.0 Å². The number of amides is 1. The maximum absolute atomic E-state index is 11.4. The third-order valence-electron chi connectivity index (χ3n) is 5.22. The molecule has 0 aliphatic heterocycles. The number of aromatic nitrogens is 2. The van der Waals surface area contributed by atoms with Crippen molar-refractivity contribution in [1.82, 2.24) is 14.3 Å². The van der Waals surface area contributed by atoms with E-state index in [0.717, 1.165) is 5.69 Å². The zero-order valence-electron chi connectivity index (χ0n) is 17.5. The summed E-state index contributed by atoms with van der Waals surface area (Å²) < 4.78 is 1.60. The number of hydrogen-bond donors (Lipinski definition) is 1. The average Bonchev–Trinajstić information content (AvgIpc) is 3.31. The second-order valence-electron chi connectivity index (χ2n) is 7.33. The van der Waals surface area contributed by atoms with Gasteiger partial charge in [-0.25, -0.2) is 4.98 Å². The zero-order valence-corrected chi connectivity index (χ0v) is 19.1. The molecule has 4 rings (SSSR count). The lowest BCUT2D eigenvalue weighted by atomic mass is 9.84. The van der Waals surface area contributed by atoms with Crippen LogP contribution in [0.2, 0.25) is 0 Å². The van der Waals surface area contributed by atoms with Crippen LogP contribution in [0.15, 0.2) is 104 Å². The third kappa shape index (κ3) is 4.90. The van der Waals surface area contributed by atoms with Gasteiger partial charge in [-0.15, -0.1) is 11.6 Å². The van der Waals surface area contributed by atoms with Crippen LogP contribution >= 0.6 is 23.5 Å². The molecule has 0 spiro atoms. The van der Waals surface area contributed by atoms with Crippen molar-refractivity contribution in [3.05, 3.63) is 126 Å². The van der Waals surface area contributed by atoms with Gasteiger partial charge in [-0.1, -0.05) is 91.0 Å². The molecule has 1 amide bonds. The number of alkyl halides is 1. The molecule has 32 heavy (non-hydrogen) atoms. The summed E-state index contributed by atoms with van der Waals surface area (Å²) in [6.07, 6.45) is 4.51. The van der Waals surface area contributed by atoms with Crippen LogP contribution in [0.25, 0.3) is 0 Å². The van der Waals surface area contributed by atoms with Crippen molar-refractivity contribution in [2.24, 2.45) is 0 Å². The van der Waals surface area contributed by atoms with Gasteiger partial charge in [0.15, 0.2) is 0 Å². The Kier molecular flexibility index (Phi) is 7.30. The minimum Gasteiger partial charge on any atom is -0.355 e. The first-order valence-corrected chi connectivity index (χ1v) is 11.7. The third-order valence-corrected chi connectivity index (χ3v) is 6.86. The first-order chi connectivity index (χ1) is 15.7. The second kappa shape index (κ2) is 10.5. The largest absolute Gasteiger partial charge is 0.355 e. The van der Waals surface area contributed by atoms with E-state index >= 15 is 0 Å². The van der Waals surface area contributed by atoms with Gasteiger partial charge < -0.3 is 5.32 Å². The van der Waals surface area contributed by atoms with Crippen LogP contribution < -0.4 is 5.32 Å². The Labute approximate surface area is 197 Å². The molecule has 1 aromatic heterocycles. The molecule has 4 aromatic rings. The molecule has 1 N–H and O–H groups in total. The van der Waals surface area contributed by atoms with Crippen molar-refractivity contribution in [2.75, 3.05) is 12.4 Å². The van der Waals surface area contributed by atoms with E-state index < -0.39 is 4.75 Å². The van der Waals surface area contributed by atoms with Gasteiger partial charge in [-0.2, -0.15) is 0 Å². The Hall–Kier alpha value is -3.02. The second-order valence-corrected chi connectivity index (χ2v) is 8.81. The van der Waals surface area contributed by atoms with Gasteiger partial charge in [0.1, 0.15) is 17.0 Å². The normalized spacial score (nSPS) is 11.3. The van der Waals surface area contributed by atoms with Crippen molar-refractivity contribution in [2.45, 2.75) is 11.2 Å². The Bertz CT molecular complexity index is 1040. The highest BCUT2D eigenvalue weighted by Gasteiger charge is 2.38. The molecule has 1 heterocycles. The SMILES string of the molecule is O=C(CCl)NCCc1cn(SC(c2ccccc2)(c2ccccc2)c2ccccc2)cn1. The Morgan fingerprint density at radius 3 is 1.84 bits per heavy atom. The number of imidazole rings is 1. The maximum atomic E-state index is 11.4. The summed E-state index contributed by atoms with van der Waals surface area (Å²) in [5.74, 6) is -0.199. The summed E-state index contributed by atoms with van der Waals surface area (Å²) >= 11 is 7.26. The maximum Gasteiger partial charge on any atom is 0.234 e. The predicted molar refractivity (Wildman–Crippen MR) is 132 cm³/mol. The number of benzene rings is 3. The lowest BCUT2D eigenvalue weighted by Crippen LogP contribution is -2.27. The number of rotatable bonds is 9. The highest BCUT2D eigenvalue weighted by atomic mass is 35.5. The topological polar surface area (TPSA) is 46.9 Å². The van der Waals surface area contributed by atoms with E-state index in [1.54, 1.807) is 11.9 Å². The molecule has 0 saturated heterocycles. The van der Waals surface area contributed by atoms with E-state index in [2.05, 4.69) is 87.1 Å². The molecule has 0 radical (unpaired) electrons. The molecular weight excluding hydrogens is 438 g/mol. The Morgan fingerprint density at radius 2 is 1.38 bits per heavy atom. The molecule has 0 aliphatic carbocycles. The highest BCUT2D eigenvalue weighted by molar-refractivity contribution is 7.99. The van der Waals surface area contributed by atoms with Crippen molar-refractivity contribution in [1.29, 1.82) is 0 Å². The standard InChI is InChI=1S/C26H24ClN3OS/c27-18-25(31)28-17-16-24-19-30(20-29-24)32-26(21-10-4-1-5-11-21,22-12-6-2-7-13-22)23-14-8-3-9-15-23/h1-15,19-20H,16-18H2,(H,28,31). The smallest absolute Gasteiger partial charge is 0.234 e. The fraction of sp³-hybridized carbons (Fsp3) is 0.154. The fourth-order valence-corrected chi connectivity index (χ4v) is 5.14. The van der Waals surface area contributed by atoms with Crippen molar-refractivity contribution >= 4 is 29.5 Å². The predicted octanol–water partition coefficient (Wildman–Crippen LogP) is 5.27. The molecule has 0 saturated carbocycles. The Morgan fingerprint density at radius 1 is 0.875 bits per heavy atom. The van der Waals surface area contributed by atoms with Gasteiger partial charge in [-0.3, -0.25) is 8.77 Å². The molecular formula is C26H24ClN3OS. The molecule has 0 aliphatic rings. The van der Waals surface area contributed by atoms with Crippen LogP contribution in [0.5, 0.6) is 0 Å². The van der Waals surface area contributed by atoms with E-state index in [1.807, 2.05) is 30.7 Å². The van der Waals surface area contributed by atoms with Gasteiger partial charge in [-0.05, 0) is 28.6 Å². The van der Waals surface area contributed by atoms with E-state index in [9.17, 15) is 4.79 Å².